The van der Waals surface area contributed by atoms with Gasteiger partial charge >= 0.3 is 0 Å². The molecule has 0 radical (unpaired) electrons. The van der Waals surface area contributed by atoms with Gasteiger partial charge in [-0.3, -0.25) is 19.5 Å². The number of pyridine rings is 1. The first-order valence-electron chi connectivity index (χ1n) is 8.12. The maximum atomic E-state index is 12.9. The van der Waals surface area contributed by atoms with Crippen LogP contribution in [-0.4, -0.2) is 20.1 Å². The summed E-state index contributed by atoms with van der Waals surface area (Å²) >= 11 is -0.333. The van der Waals surface area contributed by atoms with E-state index in [1.54, 1.807) is 18.2 Å². The molecule has 142 valence electrons. The molecular weight excluding hydrogens is 390 g/mol. The van der Waals surface area contributed by atoms with E-state index < -0.39 is 11.4 Å². The maximum Gasteiger partial charge on any atom is 0.279 e. The highest BCUT2D eigenvalue weighted by Gasteiger charge is 2.30. The number of nitrogens with zero attached hydrogens (tertiary/aromatic N) is 4. The van der Waals surface area contributed by atoms with Gasteiger partial charge in [0.05, 0.1) is 18.4 Å². The Morgan fingerprint density at radius 2 is 2.00 bits per heavy atom. The van der Waals surface area contributed by atoms with Crippen molar-refractivity contribution in [3.05, 3.63) is 81.7 Å². The Labute approximate surface area is 162 Å². The number of rotatable bonds is 5. The van der Waals surface area contributed by atoms with Crippen LogP contribution in [0.25, 0.3) is 0 Å². The second-order valence-corrected chi connectivity index (χ2v) is 6.42. The number of hydrogen-bond donors (Lipinski definition) is 0. The molecule has 0 atom stereocenters. The quantitative estimate of drug-likeness (QED) is 0.653. The van der Waals surface area contributed by atoms with Crippen molar-refractivity contribution in [2.45, 2.75) is 13.2 Å². The fraction of sp³-hybridized carbons (Fsp3) is 0.111. The zero-order chi connectivity index (χ0) is 19.7. The van der Waals surface area contributed by atoms with Crippen molar-refractivity contribution in [1.82, 2.24) is 14.2 Å². The predicted octanol–water partition coefficient (Wildman–Crippen LogP) is 2.90. The van der Waals surface area contributed by atoms with Gasteiger partial charge in [0.2, 0.25) is 0 Å². The van der Waals surface area contributed by atoms with Crippen molar-refractivity contribution in [2.75, 3.05) is 4.90 Å². The summed E-state index contributed by atoms with van der Waals surface area (Å²) in [7, 11) is 0. The van der Waals surface area contributed by atoms with Crippen LogP contribution in [0.4, 0.5) is 14.1 Å². The number of halogens is 2. The van der Waals surface area contributed by atoms with Crippen molar-refractivity contribution < 1.29 is 17.8 Å². The molecule has 0 bridgehead atoms. The number of benzene rings is 1. The van der Waals surface area contributed by atoms with Crippen LogP contribution < -0.4 is 15.2 Å². The molecule has 1 amide bonds. The van der Waals surface area contributed by atoms with Crippen molar-refractivity contribution in [3.63, 3.8) is 0 Å². The number of carbonyl (C=O) groups excluding carboxylic acids is 1. The van der Waals surface area contributed by atoms with E-state index in [2.05, 4.69) is 10.1 Å². The summed E-state index contributed by atoms with van der Waals surface area (Å²) in [5.41, 5.74) is 1.13. The summed E-state index contributed by atoms with van der Waals surface area (Å²) in [6.45, 7) is 0.360. The SMILES string of the molecule is O=C1c2ccc(OCc3ccc(F)cn3)cc2CN1c1ccc(=O)n(SF)n1. The predicted molar refractivity (Wildman–Crippen MR) is 98.1 cm³/mol. The third-order valence-corrected chi connectivity index (χ3v) is 4.55. The van der Waals surface area contributed by atoms with Crippen LogP contribution in [0.2, 0.25) is 0 Å². The molecule has 0 N–H and O–H groups in total. The first kappa shape index (κ1) is 18.1. The van der Waals surface area contributed by atoms with Gasteiger partial charge in [-0.05, 0) is 42.0 Å². The largest absolute Gasteiger partial charge is 0.487 e. The summed E-state index contributed by atoms with van der Waals surface area (Å²) in [6.07, 6.45) is 1.11. The number of anilines is 1. The van der Waals surface area contributed by atoms with Crippen molar-refractivity contribution in [1.29, 1.82) is 0 Å². The number of hydrogen-bond acceptors (Lipinski definition) is 6. The van der Waals surface area contributed by atoms with E-state index in [0.717, 1.165) is 12.3 Å². The van der Waals surface area contributed by atoms with E-state index in [-0.39, 0.29) is 37.2 Å². The molecule has 0 unspecified atom stereocenters. The molecule has 1 aromatic carbocycles. The van der Waals surface area contributed by atoms with Crippen LogP contribution in [0.5, 0.6) is 5.75 Å². The van der Waals surface area contributed by atoms with Crippen LogP contribution in [0.1, 0.15) is 21.6 Å². The van der Waals surface area contributed by atoms with E-state index in [0.29, 0.717) is 26.7 Å². The van der Waals surface area contributed by atoms with Gasteiger partial charge in [0, 0.05) is 11.6 Å². The van der Waals surface area contributed by atoms with Gasteiger partial charge in [0.15, 0.2) is 18.2 Å². The Morgan fingerprint density at radius 3 is 2.75 bits per heavy atom. The van der Waals surface area contributed by atoms with Gasteiger partial charge in [0.25, 0.3) is 11.5 Å². The topological polar surface area (TPSA) is 77.3 Å². The molecule has 0 fully saturated rings. The number of fused-ring (bicyclic) bond motifs is 1. The minimum Gasteiger partial charge on any atom is -0.487 e. The average Bonchev–Trinajstić information content (AvgIpc) is 3.04. The van der Waals surface area contributed by atoms with E-state index in [4.69, 9.17) is 4.74 Å². The van der Waals surface area contributed by atoms with Crippen molar-refractivity contribution in [2.24, 2.45) is 0 Å². The van der Waals surface area contributed by atoms with E-state index in [1.807, 2.05) is 0 Å². The zero-order valence-corrected chi connectivity index (χ0v) is 15.0. The molecule has 1 aliphatic rings. The first-order valence-corrected chi connectivity index (χ1v) is 8.80. The first-order chi connectivity index (χ1) is 13.5. The lowest BCUT2D eigenvalue weighted by molar-refractivity contribution is 0.0995. The van der Waals surface area contributed by atoms with Crippen LogP contribution in [0.15, 0.2) is 53.5 Å². The highest BCUT2D eigenvalue weighted by atomic mass is 32.2. The monoisotopic (exact) mass is 402 g/mol. The van der Waals surface area contributed by atoms with E-state index >= 15 is 0 Å². The molecule has 28 heavy (non-hydrogen) atoms. The second-order valence-electron chi connectivity index (χ2n) is 5.94. The highest BCUT2D eigenvalue weighted by molar-refractivity contribution is 7.92. The highest BCUT2D eigenvalue weighted by Crippen LogP contribution is 2.30. The normalized spacial score (nSPS) is 12.9. The van der Waals surface area contributed by atoms with Crippen LogP contribution in [0, 0.1) is 5.82 Å². The van der Waals surface area contributed by atoms with Gasteiger partial charge < -0.3 is 4.74 Å². The summed E-state index contributed by atoms with van der Waals surface area (Å²) in [4.78, 5) is 29.4. The Hall–Kier alpha value is -3.27. The van der Waals surface area contributed by atoms with E-state index in [9.17, 15) is 17.9 Å². The standard InChI is InChI=1S/C18H12F2N4O3S/c19-12-1-2-13(21-8-12)10-27-14-3-4-15-11(7-14)9-23(18(15)26)16-5-6-17(25)24(22-16)28-20/h1-8H,9-10H2. The van der Waals surface area contributed by atoms with Gasteiger partial charge in [-0.25, -0.2) is 4.39 Å². The Balaban J connectivity index is 1.52. The number of ether oxygens (including phenoxy) is 1. The van der Waals surface area contributed by atoms with E-state index in [1.165, 1.54) is 23.1 Å². The summed E-state index contributed by atoms with van der Waals surface area (Å²) in [5.74, 6) is -0.0324. The molecule has 10 heteroatoms. The molecule has 4 rings (SSSR count). The summed E-state index contributed by atoms with van der Waals surface area (Å²) < 4.78 is 31.9. The fourth-order valence-electron chi connectivity index (χ4n) is 2.80. The van der Waals surface area contributed by atoms with Gasteiger partial charge in [-0.15, -0.1) is 13.1 Å². The Kier molecular flexibility index (Phi) is 4.78. The van der Waals surface area contributed by atoms with Crippen LogP contribution in [-0.2, 0) is 13.2 Å². The number of aromatic nitrogens is 3. The Bertz CT molecular complexity index is 1100. The summed E-state index contributed by atoms with van der Waals surface area (Å²) in [6, 6.07) is 10.3. The minimum absolute atomic E-state index is 0.150. The maximum absolute atomic E-state index is 12.9. The molecule has 0 spiro atoms. The van der Waals surface area contributed by atoms with Crippen molar-refractivity contribution >= 4 is 24.1 Å². The second kappa shape index (κ2) is 7.39. The molecule has 7 nitrogen and oxygen atoms in total. The zero-order valence-electron chi connectivity index (χ0n) is 14.2. The number of amides is 1. The molecule has 2 aromatic heterocycles. The lowest BCUT2D eigenvalue weighted by atomic mass is 10.1. The molecule has 3 heterocycles. The molecule has 0 saturated heterocycles. The average molecular weight is 402 g/mol. The molecule has 1 aliphatic heterocycles. The Morgan fingerprint density at radius 1 is 1.14 bits per heavy atom. The fourth-order valence-corrected chi connectivity index (χ4v) is 3.04. The number of carbonyl (C=O) groups is 1. The van der Waals surface area contributed by atoms with Crippen LogP contribution in [0.3, 0.4) is 0 Å². The third-order valence-electron chi connectivity index (χ3n) is 4.15. The molecule has 3 aromatic rings. The van der Waals surface area contributed by atoms with Crippen molar-refractivity contribution in [3.8, 4) is 5.75 Å². The molecular formula is C18H12F2N4O3S. The van der Waals surface area contributed by atoms with Gasteiger partial charge in [0.1, 0.15) is 18.2 Å². The van der Waals surface area contributed by atoms with Crippen LogP contribution >= 0.6 is 12.3 Å². The smallest absolute Gasteiger partial charge is 0.279 e. The lowest BCUT2D eigenvalue weighted by Gasteiger charge is -2.14. The molecule has 0 aliphatic carbocycles. The molecule has 0 saturated carbocycles. The lowest BCUT2D eigenvalue weighted by Crippen LogP contribution is -2.27. The minimum atomic E-state index is -0.620. The van der Waals surface area contributed by atoms with Gasteiger partial charge in [-0.2, -0.15) is 0 Å². The van der Waals surface area contributed by atoms with Gasteiger partial charge in [-0.1, -0.05) is 0 Å². The summed E-state index contributed by atoms with van der Waals surface area (Å²) in [5, 5.41) is 3.84. The third kappa shape index (κ3) is 3.46.